The van der Waals surface area contributed by atoms with Gasteiger partial charge in [-0.3, -0.25) is 0 Å². The second-order valence-electron chi connectivity index (χ2n) is 5.05. The van der Waals surface area contributed by atoms with Crippen LogP contribution in [0.25, 0.3) is 11.3 Å². The summed E-state index contributed by atoms with van der Waals surface area (Å²) < 4.78 is 16.5. The summed E-state index contributed by atoms with van der Waals surface area (Å²) in [7, 11) is 3.18. The van der Waals surface area contributed by atoms with Crippen LogP contribution in [0.1, 0.15) is 5.69 Å². The number of hydrogen-bond acceptors (Lipinski definition) is 6. The molecule has 122 valence electrons. The quantitative estimate of drug-likeness (QED) is 0.714. The van der Waals surface area contributed by atoms with Gasteiger partial charge in [-0.15, -0.1) is 0 Å². The van der Waals surface area contributed by atoms with Crippen molar-refractivity contribution >= 4 is 0 Å². The number of rotatable bonds is 5. The molecule has 0 amide bonds. The molecule has 1 aromatic carbocycles. The van der Waals surface area contributed by atoms with Crippen molar-refractivity contribution in [3.63, 3.8) is 0 Å². The van der Waals surface area contributed by atoms with Gasteiger partial charge in [0.25, 0.3) is 0 Å². The molecule has 0 bridgehead atoms. The van der Waals surface area contributed by atoms with Crippen LogP contribution in [-0.4, -0.2) is 29.2 Å². The summed E-state index contributed by atoms with van der Waals surface area (Å²) in [5, 5.41) is 0. The van der Waals surface area contributed by atoms with E-state index in [1.54, 1.807) is 38.6 Å². The lowest BCUT2D eigenvalue weighted by atomic mass is 10.2. The maximum Gasteiger partial charge on any atom is 0.228 e. The first-order chi connectivity index (χ1) is 11.7. The highest BCUT2D eigenvalue weighted by atomic mass is 16.5. The molecule has 0 fully saturated rings. The van der Waals surface area contributed by atoms with E-state index in [0.29, 0.717) is 23.1 Å². The first-order valence-corrected chi connectivity index (χ1v) is 7.34. The van der Waals surface area contributed by atoms with Gasteiger partial charge in [0.05, 0.1) is 25.5 Å². The Morgan fingerprint density at radius 2 is 1.54 bits per heavy atom. The van der Waals surface area contributed by atoms with Crippen LogP contribution in [0.4, 0.5) is 0 Å². The molecule has 0 aliphatic rings. The number of pyridine rings is 1. The summed E-state index contributed by atoms with van der Waals surface area (Å²) in [6.07, 6.45) is 3.19. The predicted molar refractivity (Wildman–Crippen MR) is 89.6 cm³/mol. The van der Waals surface area contributed by atoms with Crippen molar-refractivity contribution < 1.29 is 14.2 Å². The fourth-order valence-electron chi connectivity index (χ4n) is 2.22. The van der Waals surface area contributed by atoms with Gasteiger partial charge in [-0.2, -0.15) is 0 Å². The zero-order valence-corrected chi connectivity index (χ0v) is 13.7. The van der Waals surface area contributed by atoms with Crippen molar-refractivity contribution in [2.24, 2.45) is 0 Å². The van der Waals surface area contributed by atoms with Crippen LogP contribution in [0.3, 0.4) is 0 Å². The van der Waals surface area contributed by atoms with Gasteiger partial charge in [-0.1, -0.05) is 0 Å². The largest absolute Gasteiger partial charge is 0.496 e. The van der Waals surface area contributed by atoms with E-state index in [4.69, 9.17) is 14.2 Å². The highest BCUT2D eigenvalue weighted by molar-refractivity contribution is 5.65. The first-order valence-electron chi connectivity index (χ1n) is 7.34. The molecule has 0 atom stereocenters. The number of methoxy groups -OCH3 is 2. The SMILES string of the molecule is COc1cc(OC)cc(Oc2ncccc2-c2cc(C)ncn2)c1. The van der Waals surface area contributed by atoms with Crippen molar-refractivity contribution in [1.82, 2.24) is 15.0 Å². The van der Waals surface area contributed by atoms with Crippen LogP contribution in [0.2, 0.25) is 0 Å². The molecule has 0 radical (unpaired) electrons. The Balaban J connectivity index is 2.00. The minimum atomic E-state index is 0.450. The van der Waals surface area contributed by atoms with Gasteiger partial charge >= 0.3 is 0 Å². The lowest BCUT2D eigenvalue weighted by Crippen LogP contribution is -1.95. The molecule has 24 heavy (non-hydrogen) atoms. The van der Waals surface area contributed by atoms with E-state index >= 15 is 0 Å². The van der Waals surface area contributed by atoms with Gasteiger partial charge < -0.3 is 14.2 Å². The van der Waals surface area contributed by atoms with Crippen molar-refractivity contribution in [3.8, 4) is 34.4 Å². The maximum atomic E-state index is 5.96. The zero-order chi connectivity index (χ0) is 16.9. The molecule has 6 heteroatoms. The molecule has 2 aromatic heterocycles. The summed E-state index contributed by atoms with van der Waals surface area (Å²) in [5.41, 5.74) is 2.41. The molecule has 6 nitrogen and oxygen atoms in total. The number of benzene rings is 1. The third kappa shape index (κ3) is 3.43. The Labute approximate surface area is 140 Å². The molecule has 2 heterocycles. The molecule has 0 spiro atoms. The molecular weight excluding hydrogens is 306 g/mol. The maximum absolute atomic E-state index is 5.96. The summed E-state index contributed by atoms with van der Waals surface area (Å²) in [4.78, 5) is 12.7. The molecule has 0 N–H and O–H groups in total. The third-order valence-electron chi connectivity index (χ3n) is 3.39. The van der Waals surface area contributed by atoms with E-state index in [9.17, 15) is 0 Å². The molecule has 0 saturated carbocycles. The van der Waals surface area contributed by atoms with E-state index in [0.717, 1.165) is 17.0 Å². The molecule has 0 unspecified atom stereocenters. The smallest absolute Gasteiger partial charge is 0.228 e. The van der Waals surface area contributed by atoms with Gasteiger partial charge in [0.2, 0.25) is 5.88 Å². The fraction of sp³-hybridized carbons (Fsp3) is 0.167. The number of nitrogens with zero attached hydrogens (tertiary/aromatic N) is 3. The molecule has 3 aromatic rings. The predicted octanol–water partition coefficient (Wildman–Crippen LogP) is 3.66. The number of hydrogen-bond donors (Lipinski definition) is 0. The number of aryl methyl sites for hydroxylation is 1. The zero-order valence-electron chi connectivity index (χ0n) is 13.7. The second-order valence-corrected chi connectivity index (χ2v) is 5.05. The highest BCUT2D eigenvalue weighted by Gasteiger charge is 2.12. The molecule has 3 rings (SSSR count). The normalized spacial score (nSPS) is 10.3. The first kappa shape index (κ1) is 15.7. The van der Waals surface area contributed by atoms with Gasteiger partial charge in [-0.05, 0) is 25.1 Å². The molecular formula is C18H17N3O3. The Bertz CT molecular complexity index is 830. The van der Waals surface area contributed by atoms with E-state index in [-0.39, 0.29) is 0 Å². The van der Waals surface area contributed by atoms with Crippen LogP contribution in [0, 0.1) is 6.92 Å². The minimum absolute atomic E-state index is 0.450. The van der Waals surface area contributed by atoms with Crippen molar-refractivity contribution in [1.29, 1.82) is 0 Å². The van der Waals surface area contributed by atoms with E-state index < -0.39 is 0 Å². The van der Waals surface area contributed by atoms with Crippen molar-refractivity contribution in [3.05, 3.63) is 54.6 Å². The van der Waals surface area contributed by atoms with Crippen LogP contribution < -0.4 is 14.2 Å². The number of ether oxygens (including phenoxy) is 3. The molecule has 0 saturated heterocycles. The van der Waals surface area contributed by atoms with Gasteiger partial charge in [0, 0.05) is 30.1 Å². The minimum Gasteiger partial charge on any atom is -0.496 e. The highest BCUT2D eigenvalue weighted by Crippen LogP contribution is 2.34. The van der Waals surface area contributed by atoms with Crippen LogP contribution in [-0.2, 0) is 0 Å². The summed E-state index contributed by atoms with van der Waals surface area (Å²) in [6.45, 7) is 1.91. The van der Waals surface area contributed by atoms with Gasteiger partial charge in [0.15, 0.2) is 0 Å². The van der Waals surface area contributed by atoms with E-state index in [2.05, 4.69) is 15.0 Å². The summed E-state index contributed by atoms with van der Waals surface area (Å²) in [5.74, 6) is 2.29. The molecule has 0 aliphatic heterocycles. The third-order valence-corrected chi connectivity index (χ3v) is 3.39. The Kier molecular flexibility index (Phi) is 4.56. The summed E-state index contributed by atoms with van der Waals surface area (Å²) in [6, 6.07) is 10.9. The average Bonchev–Trinajstić information content (AvgIpc) is 2.61. The Morgan fingerprint density at radius 1 is 0.833 bits per heavy atom. The monoisotopic (exact) mass is 323 g/mol. The van der Waals surface area contributed by atoms with Crippen molar-refractivity contribution in [2.45, 2.75) is 6.92 Å². The number of aromatic nitrogens is 3. The van der Waals surface area contributed by atoms with Gasteiger partial charge in [0.1, 0.15) is 23.6 Å². The van der Waals surface area contributed by atoms with Crippen LogP contribution >= 0.6 is 0 Å². The van der Waals surface area contributed by atoms with Crippen LogP contribution in [0.15, 0.2) is 48.9 Å². The Morgan fingerprint density at radius 3 is 2.21 bits per heavy atom. The second kappa shape index (κ2) is 6.95. The average molecular weight is 323 g/mol. The lowest BCUT2D eigenvalue weighted by molar-refractivity contribution is 0.385. The van der Waals surface area contributed by atoms with Crippen LogP contribution in [0.5, 0.6) is 23.1 Å². The van der Waals surface area contributed by atoms with Crippen molar-refractivity contribution in [2.75, 3.05) is 14.2 Å². The Hall–Kier alpha value is -3.15. The molecule has 0 aliphatic carbocycles. The fourth-order valence-corrected chi connectivity index (χ4v) is 2.22. The van der Waals surface area contributed by atoms with E-state index in [1.165, 1.54) is 6.33 Å². The van der Waals surface area contributed by atoms with E-state index in [1.807, 2.05) is 25.1 Å². The topological polar surface area (TPSA) is 66.4 Å². The lowest BCUT2D eigenvalue weighted by Gasteiger charge is -2.12. The standard InChI is InChI=1S/C18H17N3O3/c1-12-7-17(21-11-20-12)16-5-4-6-19-18(16)24-15-9-13(22-2)8-14(10-15)23-3/h4-11H,1-3H3. The summed E-state index contributed by atoms with van der Waals surface area (Å²) >= 11 is 0. The van der Waals surface area contributed by atoms with Gasteiger partial charge in [-0.25, -0.2) is 15.0 Å².